The molecule has 0 bridgehead atoms. The molecular weight excluding hydrogens is 333 g/mol. The molecule has 2 aromatic carbocycles. The summed E-state index contributed by atoms with van der Waals surface area (Å²) in [6.45, 7) is 2.62. The van der Waals surface area contributed by atoms with Gasteiger partial charge < -0.3 is 10.1 Å². The zero-order valence-corrected chi connectivity index (χ0v) is 14.3. The van der Waals surface area contributed by atoms with Gasteiger partial charge >= 0.3 is 0 Å². The number of hydrogen-bond acceptors (Lipinski definition) is 4. The minimum atomic E-state index is -0.308. The number of nitrogens with zero attached hydrogens (tertiary/aromatic N) is 2. The van der Waals surface area contributed by atoms with E-state index in [2.05, 4.69) is 15.3 Å². The summed E-state index contributed by atoms with van der Waals surface area (Å²) in [5, 5.41) is 2.82. The molecule has 0 saturated carbocycles. The van der Waals surface area contributed by atoms with E-state index in [9.17, 15) is 9.18 Å². The first-order valence-corrected chi connectivity index (χ1v) is 8.30. The summed E-state index contributed by atoms with van der Waals surface area (Å²) >= 11 is 0. The lowest BCUT2D eigenvalue weighted by molar-refractivity contribution is 0.0953. The van der Waals surface area contributed by atoms with E-state index in [1.54, 1.807) is 42.5 Å². The van der Waals surface area contributed by atoms with Crippen molar-refractivity contribution in [1.82, 2.24) is 15.3 Å². The summed E-state index contributed by atoms with van der Waals surface area (Å²) in [7, 11) is 0. The molecule has 1 amide bonds. The molecule has 3 rings (SSSR count). The van der Waals surface area contributed by atoms with Crippen LogP contribution < -0.4 is 10.1 Å². The molecule has 0 atom stereocenters. The largest absolute Gasteiger partial charge is 0.439 e. The highest BCUT2D eigenvalue weighted by Gasteiger charge is 2.08. The van der Waals surface area contributed by atoms with Crippen LogP contribution in [0.25, 0.3) is 11.3 Å². The van der Waals surface area contributed by atoms with Crippen LogP contribution in [0.2, 0.25) is 0 Å². The third-order valence-electron chi connectivity index (χ3n) is 3.64. The zero-order valence-electron chi connectivity index (χ0n) is 14.3. The van der Waals surface area contributed by atoms with E-state index in [0.717, 1.165) is 12.0 Å². The predicted octanol–water partition coefficient (Wildman–Crippen LogP) is 4.21. The Labute approximate surface area is 150 Å². The van der Waals surface area contributed by atoms with E-state index >= 15 is 0 Å². The average molecular weight is 351 g/mol. The Hall–Kier alpha value is -3.28. The van der Waals surface area contributed by atoms with Crippen molar-refractivity contribution in [2.45, 2.75) is 13.3 Å². The SMILES string of the molecule is CCCNC(=O)c1cccc(Oc2cc(-c3ccc(F)cc3)ncn2)c1. The molecule has 0 spiro atoms. The van der Waals surface area contributed by atoms with Gasteiger partial charge in [0.15, 0.2) is 0 Å². The van der Waals surface area contributed by atoms with Crippen molar-refractivity contribution in [3.05, 3.63) is 72.3 Å². The number of rotatable bonds is 6. The Morgan fingerprint density at radius 3 is 2.69 bits per heavy atom. The van der Waals surface area contributed by atoms with Crippen molar-refractivity contribution in [2.24, 2.45) is 0 Å². The Morgan fingerprint density at radius 2 is 1.92 bits per heavy atom. The molecule has 5 nitrogen and oxygen atoms in total. The highest BCUT2D eigenvalue weighted by Crippen LogP contribution is 2.24. The van der Waals surface area contributed by atoms with E-state index in [1.807, 2.05) is 6.92 Å². The molecule has 0 saturated heterocycles. The van der Waals surface area contributed by atoms with Crippen LogP contribution in [0.5, 0.6) is 11.6 Å². The Balaban J connectivity index is 1.78. The highest BCUT2D eigenvalue weighted by molar-refractivity contribution is 5.94. The first kappa shape index (κ1) is 17.5. The highest BCUT2D eigenvalue weighted by atomic mass is 19.1. The van der Waals surface area contributed by atoms with Crippen LogP contribution >= 0.6 is 0 Å². The van der Waals surface area contributed by atoms with E-state index in [1.165, 1.54) is 18.5 Å². The lowest BCUT2D eigenvalue weighted by Gasteiger charge is -2.08. The first-order chi connectivity index (χ1) is 12.7. The summed E-state index contributed by atoms with van der Waals surface area (Å²) in [5.74, 6) is 0.382. The summed E-state index contributed by atoms with van der Waals surface area (Å²) < 4.78 is 18.8. The summed E-state index contributed by atoms with van der Waals surface area (Å²) in [6.07, 6.45) is 2.25. The van der Waals surface area contributed by atoms with E-state index in [-0.39, 0.29) is 11.7 Å². The second kappa shape index (κ2) is 8.20. The molecule has 3 aromatic rings. The monoisotopic (exact) mass is 351 g/mol. The van der Waals surface area contributed by atoms with Crippen LogP contribution in [0, 0.1) is 5.82 Å². The second-order valence-corrected chi connectivity index (χ2v) is 5.63. The van der Waals surface area contributed by atoms with Crippen molar-refractivity contribution in [3.8, 4) is 22.9 Å². The van der Waals surface area contributed by atoms with Crippen LogP contribution in [0.1, 0.15) is 23.7 Å². The van der Waals surface area contributed by atoms with Gasteiger partial charge in [-0.1, -0.05) is 13.0 Å². The van der Waals surface area contributed by atoms with Gasteiger partial charge in [0.05, 0.1) is 5.69 Å². The van der Waals surface area contributed by atoms with E-state index < -0.39 is 0 Å². The fourth-order valence-corrected chi connectivity index (χ4v) is 2.34. The number of halogens is 1. The lowest BCUT2D eigenvalue weighted by Crippen LogP contribution is -2.23. The Morgan fingerprint density at radius 1 is 1.12 bits per heavy atom. The number of aromatic nitrogens is 2. The molecule has 26 heavy (non-hydrogen) atoms. The van der Waals surface area contributed by atoms with Crippen molar-refractivity contribution in [2.75, 3.05) is 6.54 Å². The third-order valence-corrected chi connectivity index (χ3v) is 3.64. The molecule has 1 heterocycles. The Kier molecular flexibility index (Phi) is 5.53. The number of ether oxygens (including phenoxy) is 1. The van der Waals surface area contributed by atoms with Crippen LogP contribution in [0.15, 0.2) is 60.9 Å². The molecule has 0 fully saturated rings. The smallest absolute Gasteiger partial charge is 0.251 e. The van der Waals surface area contributed by atoms with Gasteiger partial charge in [-0.25, -0.2) is 14.4 Å². The number of amides is 1. The first-order valence-electron chi connectivity index (χ1n) is 8.30. The molecule has 1 aromatic heterocycles. The quantitative estimate of drug-likeness (QED) is 0.722. The minimum Gasteiger partial charge on any atom is -0.439 e. The maximum absolute atomic E-state index is 13.1. The fourth-order valence-electron chi connectivity index (χ4n) is 2.34. The topological polar surface area (TPSA) is 64.1 Å². The van der Waals surface area contributed by atoms with Gasteiger partial charge in [0.25, 0.3) is 5.91 Å². The van der Waals surface area contributed by atoms with E-state index in [0.29, 0.717) is 29.4 Å². The number of carbonyl (C=O) groups is 1. The van der Waals surface area contributed by atoms with Gasteiger partial charge in [0.2, 0.25) is 5.88 Å². The predicted molar refractivity (Wildman–Crippen MR) is 96.6 cm³/mol. The molecule has 0 aliphatic carbocycles. The van der Waals surface area contributed by atoms with Crippen molar-refractivity contribution < 1.29 is 13.9 Å². The molecule has 132 valence electrons. The fraction of sp³-hybridized carbons (Fsp3) is 0.150. The number of benzene rings is 2. The van der Waals surface area contributed by atoms with Crippen LogP contribution in [-0.2, 0) is 0 Å². The van der Waals surface area contributed by atoms with Gasteiger partial charge in [-0.15, -0.1) is 0 Å². The molecule has 0 aliphatic heterocycles. The van der Waals surface area contributed by atoms with Crippen molar-refractivity contribution >= 4 is 5.91 Å². The standard InChI is InChI=1S/C20H18FN3O2/c1-2-10-22-20(25)15-4-3-5-17(11-15)26-19-12-18(23-13-24-19)14-6-8-16(21)9-7-14/h3-9,11-13H,2,10H2,1H3,(H,22,25). The van der Waals surface area contributed by atoms with Crippen LogP contribution in [0.4, 0.5) is 4.39 Å². The molecule has 0 unspecified atom stereocenters. The van der Waals surface area contributed by atoms with E-state index in [4.69, 9.17) is 4.74 Å². The molecule has 0 radical (unpaired) electrons. The molecule has 6 heteroatoms. The summed E-state index contributed by atoms with van der Waals surface area (Å²) in [4.78, 5) is 20.3. The summed E-state index contributed by atoms with van der Waals surface area (Å²) in [5.41, 5.74) is 1.89. The third kappa shape index (κ3) is 4.42. The molecular formula is C20H18FN3O2. The van der Waals surface area contributed by atoms with Crippen LogP contribution in [-0.4, -0.2) is 22.4 Å². The maximum Gasteiger partial charge on any atom is 0.251 e. The summed E-state index contributed by atoms with van der Waals surface area (Å²) in [6, 6.07) is 14.6. The van der Waals surface area contributed by atoms with Gasteiger partial charge in [-0.05, 0) is 48.9 Å². The van der Waals surface area contributed by atoms with Gasteiger partial charge in [-0.2, -0.15) is 0 Å². The van der Waals surface area contributed by atoms with Gasteiger partial charge in [0, 0.05) is 23.7 Å². The molecule has 0 aliphatic rings. The lowest BCUT2D eigenvalue weighted by atomic mass is 10.1. The molecule has 1 N–H and O–H groups in total. The van der Waals surface area contributed by atoms with Crippen LogP contribution in [0.3, 0.4) is 0 Å². The minimum absolute atomic E-state index is 0.146. The normalized spacial score (nSPS) is 10.4. The average Bonchev–Trinajstić information content (AvgIpc) is 2.67. The zero-order chi connectivity index (χ0) is 18.4. The number of hydrogen-bond donors (Lipinski definition) is 1. The van der Waals surface area contributed by atoms with Crippen molar-refractivity contribution in [1.29, 1.82) is 0 Å². The number of carbonyl (C=O) groups excluding carboxylic acids is 1. The van der Waals surface area contributed by atoms with Crippen molar-refractivity contribution in [3.63, 3.8) is 0 Å². The van der Waals surface area contributed by atoms with Gasteiger partial charge in [0.1, 0.15) is 17.9 Å². The maximum atomic E-state index is 13.1. The second-order valence-electron chi connectivity index (χ2n) is 5.63. The number of nitrogens with one attached hydrogen (secondary N) is 1. The Bertz CT molecular complexity index is 898. The van der Waals surface area contributed by atoms with Gasteiger partial charge in [-0.3, -0.25) is 4.79 Å².